The Morgan fingerprint density at radius 3 is 2.77 bits per heavy atom. The molecule has 1 aliphatic rings. The summed E-state index contributed by atoms with van der Waals surface area (Å²) in [6.45, 7) is 6.56. The van der Waals surface area contributed by atoms with Crippen LogP contribution in [0.4, 0.5) is 10.7 Å². The number of nitro benzene ring substituents is 1. The number of nitro groups is 1. The zero-order valence-electron chi connectivity index (χ0n) is 17.6. The molecule has 0 radical (unpaired) electrons. The number of benzene rings is 1. The number of hydrogen-bond donors (Lipinski definition) is 1. The number of fused-ring (bicyclic) bond motifs is 1. The second-order valence-electron chi connectivity index (χ2n) is 7.68. The minimum Gasteiger partial charge on any atom is -0.460 e. The van der Waals surface area contributed by atoms with E-state index in [2.05, 4.69) is 24.5 Å². The molecule has 1 atom stereocenters. The van der Waals surface area contributed by atoms with Crippen molar-refractivity contribution in [3.8, 4) is 0 Å². The number of methoxy groups -OCH3 is 1. The van der Waals surface area contributed by atoms with E-state index in [9.17, 15) is 14.9 Å². The lowest BCUT2D eigenvalue weighted by molar-refractivity contribution is -0.384. The summed E-state index contributed by atoms with van der Waals surface area (Å²) >= 11 is 1.59. The van der Waals surface area contributed by atoms with Crippen LogP contribution in [0.1, 0.15) is 43.4 Å². The molecule has 3 rings (SSSR count). The quantitative estimate of drug-likeness (QED) is 0.278. The lowest BCUT2D eigenvalue weighted by Gasteiger charge is -2.29. The summed E-state index contributed by atoms with van der Waals surface area (Å²) in [7, 11) is 1.54. The van der Waals surface area contributed by atoms with Gasteiger partial charge in [-0.15, -0.1) is 11.3 Å². The maximum atomic E-state index is 13.0. The zero-order chi connectivity index (χ0) is 21.8. The molecule has 0 bridgehead atoms. The number of thiophene rings is 1. The molecule has 1 aromatic heterocycles. The zero-order valence-corrected chi connectivity index (χ0v) is 18.4. The maximum absolute atomic E-state index is 13.0. The number of nitrogens with zero attached hydrogens (tertiary/aromatic N) is 1. The Labute approximate surface area is 179 Å². The highest BCUT2D eigenvalue weighted by atomic mass is 32.1. The number of non-ortho nitro benzene ring substituents is 1. The van der Waals surface area contributed by atoms with Crippen LogP contribution in [0, 0.1) is 16.0 Å². The first-order chi connectivity index (χ1) is 14.3. The molecule has 0 saturated heterocycles. The molecule has 7 nitrogen and oxygen atoms in total. The summed E-state index contributed by atoms with van der Waals surface area (Å²) < 4.78 is 10.4. The monoisotopic (exact) mass is 430 g/mol. The molecular formula is C22H26N2O5S. The highest BCUT2D eigenvalue weighted by molar-refractivity contribution is 7.14. The lowest BCUT2D eigenvalue weighted by atomic mass is 9.80. The van der Waals surface area contributed by atoms with E-state index in [1.54, 1.807) is 30.6 Å². The number of rotatable bonds is 8. The molecular weight excluding hydrogens is 404 g/mol. The van der Waals surface area contributed by atoms with E-state index in [0.717, 1.165) is 22.5 Å². The van der Waals surface area contributed by atoms with Crippen molar-refractivity contribution in [3.05, 3.63) is 67.7 Å². The minimum absolute atomic E-state index is 0.00187. The van der Waals surface area contributed by atoms with Crippen LogP contribution in [0.15, 0.2) is 40.9 Å². The van der Waals surface area contributed by atoms with E-state index in [1.807, 2.05) is 13.0 Å². The van der Waals surface area contributed by atoms with Gasteiger partial charge in [0.25, 0.3) is 5.69 Å². The Morgan fingerprint density at radius 1 is 1.33 bits per heavy atom. The number of ether oxygens (including phenoxy) is 2. The molecule has 0 saturated carbocycles. The molecule has 1 aromatic carbocycles. The van der Waals surface area contributed by atoms with Gasteiger partial charge in [0.1, 0.15) is 6.61 Å². The second-order valence-corrected chi connectivity index (χ2v) is 8.56. The predicted octanol–water partition coefficient (Wildman–Crippen LogP) is 4.88. The number of hydrogen-bond acceptors (Lipinski definition) is 7. The number of esters is 1. The molecule has 0 fully saturated rings. The summed E-state index contributed by atoms with van der Waals surface area (Å²) in [5, 5.41) is 17.8. The van der Waals surface area contributed by atoms with Gasteiger partial charge in [0.05, 0.1) is 22.1 Å². The third-order valence-corrected chi connectivity index (χ3v) is 5.94. The average Bonchev–Trinajstić information content (AvgIpc) is 3.08. The summed E-state index contributed by atoms with van der Waals surface area (Å²) in [5.74, 6) is -0.448. The number of carbonyl (C=O) groups excluding carboxylic acids is 1. The highest BCUT2D eigenvalue weighted by Crippen LogP contribution is 2.47. The topological polar surface area (TPSA) is 90.7 Å². The first-order valence-corrected chi connectivity index (χ1v) is 10.7. The van der Waals surface area contributed by atoms with E-state index in [-0.39, 0.29) is 12.3 Å². The van der Waals surface area contributed by atoms with Crippen LogP contribution in [0.5, 0.6) is 0 Å². The fourth-order valence-electron chi connectivity index (χ4n) is 3.73. The number of carbonyl (C=O) groups is 1. The van der Waals surface area contributed by atoms with Crippen LogP contribution in [0.25, 0.3) is 0 Å². The molecule has 0 amide bonds. The molecule has 2 heterocycles. The van der Waals surface area contributed by atoms with Crippen molar-refractivity contribution < 1.29 is 19.2 Å². The van der Waals surface area contributed by atoms with Crippen LogP contribution in [-0.2, 0) is 20.7 Å². The SMILES string of the molecule is COCCOC(=O)C1=C(C)Nc2scc(CC(C)C)c2C1c1cccc([N+](=O)[O-])c1. The van der Waals surface area contributed by atoms with Crippen molar-refractivity contribution in [2.75, 3.05) is 25.6 Å². The highest BCUT2D eigenvalue weighted by Gasteiger charge is 2.36. The summed E-state index contributed by atoms with van der Waals surface area (Å²) in [4.78, 5) is 24.0. The van der Waals surface area contributed by atoms with Gasteiger partial charge >= 0.3 is 5.97 Å². The molecule has 0 aliphatic carbocycles. The van der Waals surface area contributed by atoms with Gasteiger partial charge in [0, 0.05) is 36.4 Å². The van der Waals surface area contributed by atoms with Gasteiger partial charge in [0.15, 0.2) is 0 Å². The summed E-state index contributed by atoms with van der Waals surface area (Å²) in [6, 6.07) is 6.50. The standard InChI is InChI=1S/C22H26N2O5S/c1-13(2)10-16-12-30-21-20(16)19(15-6-5-7-17(11-15)24(26)27)18(14(3)23-21)22(25)29-9-8-28-4/h5-7,11-13,19,23H,8-10H2,1-4H3. The van der Waals surface area contributed by atoms with Crippen molar-refractivity contribution in [1.29, 1.82) is 0 Å². The summed E-state index contributed by atoms with van der Waals surface area (Å²) in [5.41, 5.74) is 4.01. The van der Waals surface area contributed by atoms with Crippen molar-refractivity contribution in [3.63, 3.8) is 0 Å². The second kappa shape index (κ2) is 9.40. The van der Waals surface area contributed by atoms with E-state index in [0.29, 0.717) is 29.4 Å². The Hall–Kier alpha value is -2.71. The van der Waals surface area contributed by atoms with Crippen molar-refractivity contribution >= 4 is 28.0 Å². The molecule has 30 heavy (non-hydrogen) atoms. The van der Waals surface area contributed by atoms with Crippen LogP contribution >= 0.6 is 11.3 Å². The normalized spacial score (nSPS) is 15.7. The smallest absolute Gasteiger partial charge is 0.336 e. The third kappa shape index (κ3) is 4.55. The first kappa shape index (κ1) is 22.0. The lowest BCUT2D eigenvalue weighted by Crippen LogP contribution is -2.25. The average molecular weight is 431 g/mol. The van der Waals surface area contributed by atoms with Crippen LogP contribution < -0.4 is 5.32 Å². The molecule has 1 unspecified atom stereocenters. The number of nitrogens with one attached hydrogen (secondary N) is 1. The number of anilines is 1. The molecule has 1 N–H and O–H groups in total. The van der Waals surface area contributed by atoms with Crippen LogP contribution in [0.2, 0.25) is 0 Å². The van der Waals surface area contributed by atoms with Crippen LogP contribution in [0.3, 0.4) is 0 Å². The largest absolute Gasteiger partial charge is 0.460 e. The molecule has 8 heteroatoms. The van der Waals surface area contributed by atoms with Gasteiger partial charge in [-0.2, -0.15) is 0 Å². The Kier molecular flexibility index (Phi) is 6.89. The van der Waals surface area contributed by atoms with Crippen LogP contribution in [-0.4, -0.2) is 31.2 Å². The van der Waals surface area contributed by atoms with E-state index < -0.39 is 16.8 Å². The molecule has 160 valence electrons. The van der Waals surface area contributed by atoms with Gasteiger partial charge in [-0.1, -0.05) is 26.0 Å². The van der Waals surface area contributed by atoms with Crippen molar-refractivity contribution in [2.45, 2.75) is 33.1 Å². The Balaban J connectivity index is 2.13. The minimum atomic E-state index is -0.444. The predicted molar refractivity (Wildman–Crippen MR) is 117 cm³/mol. The first-order valence-electron chi connectivity index (χ1n) is 9.81. The summed E-state index contributed by atoms with van der Waals surface area (Å²) in [6.07, 6.45) is 0.851. The fourth-order valence-corrected chi connectivity index (χ4v) is 4.80. The van der Waals surface area contributed by atoms with Crippen molar-refractivity contribution in [2.24, 2.45) is 5.92 Å². The van der Waals surface area contributed by atoms with Gasteiger partial charge in [0.2, 0.25) is 0 Å². The molecule has 1 aliphatic heterocycles. The van der Waals surface area contributed by atoms with E-state index in [4.69, 9.17) is 9.47 Å². The van der Waals surface area contributed by atoms with Crippen molar-refractivity contribution in [1.82, 2.24) is 0 Å². The Bertz CT molecular complexity index is 980. The fraction of sp³-hybridized carbons (Fsp3) is 0.409. The molecule has 2 aromatic rings. The third-order valence-electron chi connectivity index (χ3n) is 4.98. The van der Waals surface area contributed by atoms with Gasteiger partial charge in [-0.25, -0.2) is 4.79 Å². The molecule has 0 spiro atoms. The maximum Gasteiger partial charge on any atom is 0.336 e. The van der Waals surface area contributed by atoms with Gasteiger partial charge < -0.3 is 14.8 Å². The van der Waals surface area contributed by atoms with Gasteiger partial charge in [-0.05, 0) is 35.8 Å². The van der Waals surface area contributed by atoms with E-state index >= 15 is 0 Å². The van der Waals surface area contributed by atoms with E-state index in [1.165, 1.54) is 6.07 Å². The van der Waals surface area contributed by atoms with Gasteiger partial charge in [-0.3, -0.25) is 10.1 Å². The number of allylic oxidation sites excluding steroid dienone is 1. The Morgan fingerprint density at radius 2 is 2.10 bits per heavy atom.